The van der Waals surface area contributed by atoms with E-state index in [2.05, 4.69) is 43.5 Å². The van der Waals surface area contributed by atoms with Crippen LogP contribution >= 0.6 is 15.9 Å². The topological polar surface area (TPSA) is 49.8 Å². The lowest BCUT2D eigenvalue weighted by atomic mass is 10.2. The highest BCUT2D eigenvalue weighted by Crippen LogP contribution is 2.29. The van der Waals surface area contributed by atoms with Crippen LogP contribution in [0.4, 0.5) is 21.7 Å². The number of nitrogens with one attached hydrogen (secondary N) is 2. The van der Waals surface area contributed by atoms with Crippen molar-refractivity contribution in [2.24, 2.45) is 0 Å². The van der Waals surface area contributed by atoms with E-state index in [-0.39, 0.29) is 5.82 Å². The van der Waals surface area contributed by atoms with Crippen LogP contribution in [0.2, 0.25) is 0 Å². The number of nitrogens with zero attached hydrogens (tertiary/aromatic N) is 2. The molecule has 0 aliphatic heterocycles. The third kappa shape index (κ3) is 3.69. The molecule has 0 bridgehead atoms. The monoisotopic (exact) mass is 352 g/mol. The Hall–Kier alpha value is -1.69. The first-order valence-electron chi connectivity index (χ1n) is 6.82. The summed E-state index contributed by atoms with van der Waals surface area (Å²) in [6, 6.07) is 4.51. The van der Waals surface area contributed by atoms with E-state index in [4.69, 9.17) is 0 Å². The van der Waals surface area contributed by atoms with Gasteiger partial charge in [-0.15, -0.1) is 0 Å². The SMILES string of the molecule is CCCc1nc(NC)c(C)c(Nc2ccc(F)cc2Br)n1. The van der Waals surface area contributed by atoms with Gasteiger partial charge in [0.15, 0.2) is 0 Å². The molecule has 0 fully saturated rings. The summed E-state index contributed by atoms with van der Waals surface area (Å²) in [4.78, 5) is 9.04. The third-order valence-corrected chi connectivity index (χ3v) is 3.74. The Morgan fingerprint density at radius 3 is 2.57 bits per heavy atom. The summed E-state index contributed by atoms with van der Waals surface area (Å²) < 4.78 is 13.8. The van der Waals surface area contributed by atoms with Crippen LogP contribution < -0.4 is 10.6 Å². The predicted octanol–water partition coefficient (Wildman–Crippen LogP) is 4.42. The molecule has 0 unspecified atom stereocenters. The zero-order chi connectivity index (χ0) is 15.4. The van der Waals surface area contributed by atoms with Crippen molar-refractivity contribution >= 4 is 33.3 Å². The molecule has 0 aliphatic carbocycles. The summed E-state index contributed by atoms with van der Waals surface area (Å²) in [6.07, 6.45) is 1.79. The lowest BCUT2D eigenvalue weighted by Crippen LogP contribution is -2.07. The Labute approximate surface area is 132 Å². The molecule has 0 amide bonds. The van der Waals surface area contributed by atoms with Gasteiger partial charge < -0.3 is 10.6 Å². The van der Waals surface area contributed by atoms with Crippen LogP contribution in [-0.2, 0) is 6.42 Å². The molecule has 2 aromatic rings. The minimum Gasteiger partial charge on any atom is -0.373 e. The molecule has 4 nitrogen and oxygen atoms in total. The van der Waals surface area contributed by atoms with E-state index in [0.29, 0.717) is 4.47 Å². The highest BCUT2D eigenvalue weighted by atomic mass is 79.9. The minimum atomic E-state index is -0.283. The summed E-state index contributed by atoms with van der Waals surface area (Å²) in [5, 5.41) is 6.32. The van der Waals surface area contributed by atoms with Crippen LogP contribution in [0, 0.1) is 12.7 Å². The standard InChI is InChI=1S/C15H18BrFN4/c1-4-5-13-20-14(18-3)9(2)15(21-13)19-12-7-6-10(17)8-11(12)16/h6-8H,4-5H2,1-3H3,(H2,18,19,20,21). The molecule has 2 N–H and O–H groups in total. The van der Waals surface area contributed by atoms with Gasteiger partial charge in [0, 0.05) is 23.5 Å². The zero-order valence-electron chi connectivity index (χ0n) is 12.3. The van der Waals surface area contributed by atoms with Gasteiger partial charge in [-0.3, -0.25) is 0 Å². The Kier molecular flexibility index (Phi) is 5.12. The average Bonchev–Trinajstić information content (AvgIpc) is 2.45. The van der Waals surface area contributed by atoms with Crippen molar-refractivity contribution in [2.75, 3.05) is 17.7 Å². The first-order chi connectivity index (χ1) is 10.0. The molecule has 0 spiro atoms. The predicted molar refractivity (Wildman–Crippen MR) is 87.7 cm³/mol. The van der Waals surface area contributed by atoms with Crippen LogP contribution in [0.25, 0.3) is 0 Å². The van der Waals surface area contributed by atoms with Crippen molar-refractivity contribution in [1.29, 1.82) is 0 Å². The van der Waals surface area contributed by atoms with Gasteiger partial charge in [-0.2, -0.15) is 0 Å². The number of benzene rings is 1. The van der Waals surface area contributed by atoms with Crippen molar-refractivity contribution < 1.29 is 4.39 Å². The van der Waals surface area contributed by atoms with Crippen LogP contribution in [0.3, 0.4) is 0 Å². The van der Waals surface area contributed by atoms with Crippen LogP contribution in [-0.4, -0.2) is 17.0 Å². The summed E-state index contributed by atoms with van der Waals surface area (Å²) >= 11 is 3.35. The molecule has 6 heteroatoms. The zero-order valence-corrected chi connectivity index (χ0v) is 13.9. The van der Waals surface area contributed by atoms with Crippen LogP contribution in [0.1, 0.15) is 24.7 Å². The lowest BCUT2D eigenvalue weighted by molar-refractivity contribution is 0.627. The maximum absolute atomic E-state index is 13.2. The molecule has 0 atom stereocenters. The maximum Gasteiger partial charge on any atom is 0.139 e. The molecule has 21 heavy (non-hydrogen) atoms. The number of hydrogen-bond acceptors (Lipinski definition) is 4. The van der Waals surface area contributed by atoms with E-state index < -0.39 is 0 Å². The molecular weight excluding hydrogens is 335 g/mol. The Morgan fingerprint density at radius 2 is 1.95 bits per heavy atom. The van der Waals surface area contributed by atoms with E-state index >= 15 is 0 Å². The van der Waals surface area contributed by atoms with Gasteiger partial charge in [-0.1, -0.05) is 6.92 Å². The summed E-state index contributed by atoms with van der Waals surface area (Å²) in [5.41, 5.74) is 1.69. The Morgan fingerprint density at radius 1 is 1.24 bits per heavy atom. The second kappa shape index (κ2) is 6.85. The average molecular weight is 353 g/mol. The smallest absolute Gasteiger partial charge is 0.139 e. The van der Waals surface area contributed by atoms with Crippen LogP contribution in [0.5, 0.6) is 0 Å². The molecular formula is C15H18BrFN4. The molecule has 0 radical (unpaired) electrons. The van der Waals surface area contributed by atoms with Gasteiger partial charge in [-0.05, 0) is 47.5 Å². The molecule has 112 valence electrons. The van der Waals surface area contributed by atoms with E-state index in [1.165, 1.54) is 12.1 Å². The van der Waals surface area contributed by atoms with E-state index in [1.54, 1.807) is 6.07 Å². The summed E-state index contributed by atoms with van der Waals surface area (Å²) in [6.45, 7) is 4.03. The van der Waals surface area contributed by atoms with Crippen molar-refractivity contribution in [3.05, 3.63) is 39.9 Å². The van der Waals surface area contributed by atoms with Gasteiger partial charge >= 0.3 is 0 Å². The van der Waals surface area contributed by atoms with Crippen molar-refractivity contribution in [3.8, 4) is 0 Å². The molecule has 1 heterocycles. The number of aryl methyl sites for hydroxylation is 1. The molecule has 0 saturated heterocycles. The Balaban J connectivity index is 2.40. The largest absolute Gasteiger partial charge is 0.373 e. The van der Waals surface area contributed by atoms with E-state index in [9.17, 15) is 4.39 Å². The second-order valence-electron chi connectivity index (χ2n) is 4.71. The fourth-order valence-corrected chi connectivity index (χ4v) is 2.43. The summed E-state index contributed by atoms with van der Waals surface area (Å²) in [7, 11) is 1.84. The van der Waals surface area contributed by atoms with Crippen LogP contribution in [0.15, 0.2) is 22.7 Å². The lowest BCUT2D eigenvalue weighted by Gasteiger charge is -2.14. The van der Waals surface area contributed by atoms with E-state index in [1.807, 2.05) is 14.0 Å². The Bertz CT molecular complexity index is 646. The fraction of sp³-hybridized carbons (Fsp3) is 0.333. The molecule has 0 saturated carbocycles. The molecule has 1 aromatic carbocycles. The molecule has 2 rings (SSSR count). The first-order valence-corrected chi connectivity index (χ1v) is 7.61. The maximum atomic E-state index is 13.2. The molecule has 0 aliphatic rings. The summed E-state index contributed by atoms with van der Waals surface area (Å²) in [5.74, 6) is 2.03. The van der Waals surface area contributed by atoms with E-state index in [0.717, 1.165) is 41.6 Å². The van der Waals surface area contributed by atoms with Gasteiger partial charge in [0.25, 0.3) is 0 Å². The van der Waals surface area contributed by atoms with Gasteiger partial charge in [-0.25, -0.2) is 14.4 Å². The number of anilines is 3. The first kappa shape index (κ1) is 15.7. The van der Waals surface area contributed by atoms with Crippen molar-refractivity contribution in [1.82, 2.24) is 9.97 Å². The van der Waals surface area contributed by atoms with Crippen molar-refractivity contribution in [2.45, 2.75) is 26.7 Å². The highest BCUT2D eigenvalue weighted by molar-refractivity contribution is 9.10. The second-order valence-corrected chi connectivity index (χ2v) is 5.57. The normalized spacial score (nSPS) is 10.5. The fourth-order valence-electron chi connectivity index (χ4n) is 1.98. The number of aromatic nitrogens is 2. The third-order valence-electron chi connectivity index (χ3n) is 3.09. The van der Waals surface area contributed by atoms with Gasteiger partial charge in [0.1, 0.15) is 23.3 Å². The number of rotatable bonds is 5. The van der Waals surface area contributed by atoms with Crippen molar-refractivity contribution in [3.63, 3.8) is 0 Å². The highest BCUT2D eigenvalue weighted by Gasteiger charge is 2.11. The minimum absolute atomic E-state index is 0.283. The quantitative estimate of drug-likeness (QED) is 0.835. The number of hydrogen-bond donors (Lipinski definition) is 2. The van der Waals surface area contributed by atoms with Gasteiger partial charge in [0.05, 0.1) is 5.69 Å². The van der Waals surface area contributed by atoms with Gasteiger partial charge in [0.2, 0.25) is 0 Å². The number of halogens is 2. The molecule has 1 aromatic heterocycles.